The number of hydrogen-bond donors (Lipinski definition) is 2. The smallest absolute Gasteiger partial charge is 0.252 e. The second kappa shape index (κ2) is 5.15. The Labute approximate surface area is 110 Å². The van der Waals surface area contributed by atoms with E-state index in [-0.39, 0.29) is 22.6 Å². The van der Waals surface area contributed by atoms with Crippen LogP contribution in [-0.2, 0) is 0 Å². The summed E-state index contributed by atoms with van der Waals surface area (Å²) in [5, 5.41) is 12.3. The van der Waals surface area contributed by atoms with Crippen LogP contribution < -0.4 is 5.32 Å². The highest BCUT2D eigenvalue weighted by atomic mass is 35.5. The minimum absolute atomic E-state index is 0.0177. The maximum atomic E-state index is 11.8. The molecule has 2 rings (SSSR count). The molecule has 1 aliphatic carbocycles. The predicted molar refractivity (Wildman–Crippen MR) is 67.8 cm³/mol. The van der Waals surface area contributed by atoms with Crippen molar-refractivity contribution in [3.63, 3.8) is 0 Å². The van der Waals surface area contributed by atoms with Gasteiger partial charge in [0.1, 0.15) is 5.75 Å². The van der Waals surface area contributed by atoms with Crippen molar-refractivity contribution in [2.45, 2.75) is 18.2 Å². The Bertz CT molecular complexity index is 433. The fraction of sp³-hybridized carbons (Fsp3) is 0.417. The van der Waals surface area contributed by atoms with Crippen molar-refractivity contribution in [1.29, 1.82) is 0 Å². The first-order valence-electron chi connectivity index (χ1n) is 5.48. The standard InChI is InChI=1S/C12H13Cl2NO2/c13-10-4-3-8(16)5-9(10)12(17)15-6-11(14)7-1-2-7/h3-5,7,11,16H,1-2,6H2,(H,15,17). The fourth-order valence-corrected chi connectivity index (χ4v) is 2.13. The van der Waals surface area contributed by atoms with Crippen LogP contribution in [0.25, 0.3) is 0 Å². The second-order valence-corrected chi connectivity index (χ2v) is 5.20. The van der Waals surface area contributed by atoms with Crippen LogP contribution in [0.2, 0.25) is 5.02 Å². The zero-order valence-electron chi connectivity index (χ0n) is 9.12. The quantitative estimate of drug-likeness (QED) is 0.829. The normalized spacial score (nSPS) is 16.6. The highest BCUT2D eigenvalue weighted by Gasteiger charge is 2.29. The molecule has 0 bridgehead atoms. The molecule has 1 fully saturated rings. The molecule has 1 unspecified atom stereocenters. The summed E-state index contributed by atoms with van der Waals surface area (Å²) in [6.07, 6.45) is 2.27. The van der Waals surface area contributed by atoms with E-state index in [1.165, 1.54) is 18.2 Å². The van der Waals surface area contributed by atoms with Crippen LogP contribution in [0.3, 0.4) is 0 Å². The molecule has 0 radical (unpaired) electrons. The first kappa shape index (κ1) is 12.5. The minimum atomic E-state index is -0.308. The molecule has 1 atom stereocenters. The van der Waals surface area contributed by atoms with Crippen LogP contribution in [0.4, 0.5) is 0 Å². The minimum Gasteiger partial charge on any atom is -0.508 e. The van der Waals surface area contributed by atoms with Crippen LogP contribution in [0.5, 0.6) is 5.75 Å². The summed E-state index contributed by atoms with van der Waals surface area (Å²) < 4.78 is 0. The average molecular weight is 274 g/mol. The molecule has 0 saturated heterocycles. The Hall–Kier alpha value is -0.930. The van der Waals surface area contributed by atoms with E-state index in [2.05, 4.69) is 5.32 Å². The number of benzene rings is 1. The summed E-state index contributed by atoms with van der Waals surface area (Å²) in [5.41, 5.74) is 0.270. The van der Waals surface area contributed by atoms with E-state index in [1.54, 1.807) is 0 Å². The van der Waals surface area contributed by atoms with Crippen molar-refractivity contribution in [1.82, 2.24) is 5.32 Å². The zero-order chi connectivity index (χ0) is 12.4. The van der Waals surface area contributed by atoms with Crippen molar-refractivity contribution >= 4 is 29.1 Å². The largest absolute Gasteiger partial charge is 0.508 e. The van der Waals surface area contributed by atoms with Crippen molar-refractivity contribution in [3.05, 3.63) is 28.8 Å². The number of hydrogen-bond acceptors (Lipinski definition) is 2. The lowest BCUT2D eigenvalue weighted by Gasteiger charge is -2.10. The van der Waals surface area contributed by atoms with Crippen LogP contribution in [0.1, 0.15) is 23.2 Å². The Morgan fingerprint density at radius 1 is 1.53 bits per heavy atom. The number of amides is 1. The van der Waals surface area contributed by atoms with Gasteiger partial charge in [0.15, 0.2) is 0 Å². The number of carbonyl (C=O) groups is 1. The van der Waals surface area contributed by atoms with E-state index in [1.807, 2.05) is 0 Å². The van der Waals surface area contributed by atoms with Crippen molar-refractivity contribution < 1.29 is 9.90 Å². The van der Waals surface area contributed by atoms with Gasteiger partial charge in [-0.05, 0) is 37.0 Å². The van der Waals surface area contributed by atoms with Gasteiger partial charge in [0.05, 0.1) is 16.0 Å². The summed E-state index contributed by atoms with van der Waals surface area (Å²) in [4.78, 5) is 11.8. The molecule has 1 aromatic carbocycles. The lowest BCUT2D eigenvalue weighted by atomic mass is 10.2. The monoisotopic (exact) mass is 273 g/mol. The molecule has 1 aromatic rings. The number of alkyl halides is 1. The molecular weight excluding hydrogens is 261 g/mol. The topological polar surface area (TPSA) is 49.3 Å². The number of phenols is 1. The second-order valence-electron chi connectivity index (χ2n) is 4.23. The van der Waals surface area contributed by atoms with Gasteiger partial charge in [0.2, 0.25) is 0 Å². The molecule has 2 N–H and O–H groups in total. The third-order valence-electron chi connectivity index (χ3n) is 2.79. The molecule has 0 heterocycles. The molecule has 0 spiro atoms. The maximum Gasteiger partial charge on any atom is 0.252 e. The lowest BCUT2D eigenvalue weighted by molar-refractivity contribution is 0.0953. The summed E-state index contributed by atoms with van der Waals surface area (Å²) in [6.45, 7) is 0.428. The molecule has 1 aliphatic rings. The first-order chi connectivity index (χ1) is 8.08. The average Bonchev–Trinajstić information content (AvgIpc) is 3.12. The number of halogens is 2. The van der Waals surface area contributed by atoms with E-state index in [0.29, 0.717) is 17.5 Å². The van der Waals surface area contributed by atoms with Gasteiger partial charge in [0.25, 0.3) is 5.91 Å². The highest BCUT2D eigenvalue weighted by molar-refractivity contribution is 6.33. The number of rotatable bonds is 4. The van der Waals surface area contributed by atoms with Crippen LogP contribution >= 0.6 is 23.2 Å². The number of carbonyl (C=O) groups excluding carboxylic acids is 1. The van der Waals surface area contributed by atoms with Gasteiger partial charge >= 0.3 is 0 Å². The maximum absolute atomic E-state index is 11.8. The Morgan fingerprint density at radius 2 is 2.24 bits per heavy atom. The summed E-state index contributed by atoms with van der Waals surface area (Å²) in [6, 6.07) is 4.27. The van der Waals surface area contributed by atoms with E-state index < -0.39 is 0 Å². The number of phenolic OH excluding ortho intramolecular Hbond substituents is 1. The van der Waals surface area contributed by atoms with Crippen molar-refractivity contribution in [2.75, 3.05) is 6.54 Å². The molecular formula is C12H13Cl2NO2. The third-order valence-corrected chi connectivity index (χ3v) is 3.63. The molecule has 92 valence electrons. The SMILES string of the molecule is O=C(NCC(Cl)C1CC1)c1cc(O)ccc1Cl. The summed E-state index contributed by atoms with van der Waals surface area (Å²) in [7, 11) is 0. The van der Waals surface area contributed by atoms with Crippen LogP contribution in [0, 0.1) is 5.92 Å². The Morgan fingerprint density at radius 3 is 2.88 bits per heavy atom. The van der Waals surface area contributed by atoms with Crippen LogP contribution in [-0.4, -0.2) is 22.9 Å². The van der Waals surface area contributed by atoms with Gasteiger partial charge in [-0.1, -0.05) is 11.6 Å². The predicted octanol–water partition coefficient (Wildman–Crippen LogP) is 2.79. The van der Waals surface area contributed by atoms with E-state index in [0.717, 1.165) is 12.8 Å². The van der Waals surface area contributed by atoms with Crippen molar-refractivity contribution in [2.24, 2.45) is 5.92 Å². The molecule has 0 aromatic heterocycles. The van der Waals surface area contributed by atoms with Crippen molar-refractivity contribution in [3.8, 4) is 5.75 Å². The van der Waals surface area contributed by atoms with Gasteiger partial charge in [0, 0.05) is 6.54 Å². The van der Waals surface area contributed by atoms with Gasteiger partial charge in [-0.2, -0.15) is 0 Å². The number of nitrogens with one attached hydrogen (secondary N) is 1. The van der Waals surface area contributed by atoms with Gasteiger partial charge in [-0.3, -0.25) is 4.79 Å². The Kier molecular flexibility index (Phi) is 3.79. The van der Waals surface area contributed by atoms with Gasteiger partial charge in [-0.25, -0.2) is 0 Å². The molecule has 0 aliphatic heterocycles. The molecule has 3 nitrogen and oxygen atoms in total. The van der Waals surface area contributed by atoms with E-state index >= 15 is 0 Å². The summed E-state index contributed by atoms with van der Waals surface area (Å²) in [5.74, 6) is 0.234. The molecule has 5 heteroatoms. The van der Waals surface area contributed by atoms with E-state index in [4.69, 9.17) is 23.2 Å². The van der Waals surface area contributed by atoms with Gasteiger partial charge < -0.3 is 10.4 Å². The van der Waals surface area contributed by atoms with Gasteiger partial charge in [-0.15, -0.1) is 11.6 Å². The van der Waals surface area contributed by atoms with Crippen LogP contribution in [0.15, 0.2) is 18.2 Å². The molecule has 1 saturated carbocycles. The van der Waals surface area contributed by atoms with E-state index in [9.17, 15) is 9.90 Å². The fourth-order valence-electron chi connectivity index (χ4n) is 1.60. The molecule has 1 amide bonds. The first-order valence-corrected chi connectivity index (χ1v) is 6.30. The Balaban J connectivity index is 1.96. The zero-order valence-corrected chi connectivity index (χ0v) is 10.6. The highest BCUT2D eigenvalue weighted by Crippen LogP contribution is 2.35. The number of aromatic hydroxyl groups is 1. The lowest BCUT2D eigenvalue weighted by Crippen LogP contribution is -2.30. The molecule has 17 heavy (non-hydrogen) atoms. The third kappa shape index (κ3) is 3.27. The summed E-state index contributed by atoms with van der Waals surface area (Å²) >= 11 is 12.0.